The number of nitrogens with one attached hydrogen (secondary N) is 1. The van der Waals surface area contributed by atoms with Crippen LogP contribution in [0.25, 0.3) is 0 Å². The van der Waals surface area contributed by atoms with Crippen molar-refractivity contribution in [2.45, 2.75) is 20.0 Å². The summed E-state index contributed by atoms with van der Waals surface area (Å²) >= 11 is 0. The summed E-state index contributed by atoms with van der Waals surface area (Å²) in [5.41, 5.74) is 2.01. The molecule has 1 N–H and O–H groups in total. The van der Waals surface area contributed by atoms with Crippen LogP contribution in [0.5, 0.6) is 11.9 Å². The van der Waals surface area contributed by atoms with Crippen LogP contribution in [-0.2, 0) is 13.1 Å². The molecular formula is C9H13N3O2. The third kappa shape index (κ3) is 1.50. The molecule has 5 heteroatoms. The smallest absolute Gasteiger partial charge is 0.319 e. The SMILES string of the molecule is CCOc1nc2c(c(OC)n1)CNC2. The third-order valence-corrected chi connectivity index (χ3v) is 2.10. The van der Waals surface area contributed by atoms with Gasteiger partial charge in [-0.2, -0.15) is 9.97 Å². The van der Waals surface area contributed by atoms with Gasteiger partial charge in [-0.1, -0.05) is 0 Å². The van der Waals surface area contributed by atoms with Crippen molar-refractivity contribution in [1.82, 2.24) is 15.3 Å². The molecule has 1 aliphatic heterocycles. The molecule has 0 bridgehead atoms. The van der Waals surface area contributed by atoms with Gasteiger partial charge in [-0.3, -0.25) is 0 Å². The van der Waals surface area contributed by atoms with E-state index in [1.165, 1.54) is 0 Å². The van der Waals surface area contributed by atoms with Gasteiger partial charge in [0.05, 0.1) is 25.0 Å². The predicted octanol–water partition coefficient (Wildman–Crippen LogP) is 0.487. The zero-order valence-corrected chi connectivity index (χ0v) is 8.33. The summed E-state index contributed by atoms with van der Waals surface area (Å²) in [6, 6.07) is 0.395. The third-order valence-electron chi connectivity index (χ3n) is 2.10. The maximum Gasteiger partial charge on any atom is 0.319 e. The first kappa shape index (κ1) is 9.21. The van der Waals surface area contributed by atoms with Crippen molar-refractivity contribution < 1.29 is 9.47 Å². The van der Waals surface area contributed by atoms with E-state index < -0.39 is 0 Å². The van der Waals surface area contributed by atoms with Crippen molar-refractivity contribution in [3.63, 3.8) is 0 Å². The standard InChI is InChI=1S/C9H13N3O2/c1-3-14-9-11-7-5-10-4-6(7)8(12-9)13-2/h10H,3-5H2,1-2H3. The van der Waals surface area contributed by atoms with E-state index in [4.69, 9.17) is 9.47 Å². The Morgan fingerprint density at radius 3 is 2.93 bits per heavy atom. The topological polar surface area (TPSA) is 56.3 Å². The molecule has 0 saturated carbocycles. The van der Waals surface area contributed by atoms with Crippen LogP contribution in [-0.4, -0.2) is 23.7 Å². The maximum atomic E-state index is 5.24. The van der Waals surface area contributed by atoms with Gasteiger partial charge in [0.2, 0.25) is 5.88 Å². The van der Waals surface area contributed by atoms with Gasteiger partial charge in [-0.25, -0.2) is 0 Å². The second kappa shape index (κ2) is 3.79. The highest BCUT2D eigenvalue weighted by atomic mass is 16.5. The molecule has 2 rings (SSSR count). The van der Waals surface area contributed by atoms with Crippen molar-refractivity contribution in [2.24, 2.45) is 0 Å². The van der Waals surface area contributed by atoms with Crippen molar-refractivity contribution in [3.8, 4) is 11.9 Å². The maximum absolute atomic E-state index is 5.24. The van der Waals surface area contributed by atoms with Crippen LogP contribution in [0.1, 0.15) is 18.2 Å². The van der Waals surface area contributed by atoms with Gasteiger partial charge in [0, 0.05) is 13.1 Å². The van der Waals surface area contributed by atoms with Gasteiger partial charge >= 0.3 is 6.01 Å². The Hall–Kier alpha value is -1.36. The normalized spacial score (nSPS) is 13.9. The lowest BCUT2D eigenvalue weighted by molar-refractivity contribution is 0.300. The summed E-state index contributed by atoms with van der Waals surface area (Å²) < 4.78 is 10.4. The van der Waals surface area contributed by atoms with E-state index in [1.54, 1.807) is 7.11 Å². The first-order chi connectivity index (χ1) is 6.85. The molecule has 0 saturated heterocycles. The average Bonchev–Trinajstić information content (AvgIpc) is 2.65. The molecule has 1 aromatic heterocycles. The molecule has 2 heterocycles. The van der Waals surface area contributed by atoms with E-state index in [2.05, 4.69) is 15.3 Å². The number of rotatable bonds is 3. The first-order valence-corrected chi connectivity index (χ1v) is 4.62. The fraction of sp³-hybridized carbons (Fsp3) is 0.556. The first-order valence-electron chi connectivity index (χ1n) is 4.62. The molecule has 5 nitrogen and oxygen atoms in total. The molecule has 0 amide bonds. The van der Waals surface area contributed by atoms with Crippen molar-refractivity contribution in [3.05, 3.63) is 11.3 Å². The second-order valence-corrected chi connectivity index (χ2v) is 2.98. The molecule has 0 spiro atoms. The van der Waals surface area contributed by atoms with Gasteiger partial charge in [0.25, 0.3) is 0 Å². The van der Waals surface area contributed by atoms with Crippen LogP contribution in [0.3, 0.4) is 0 Å². The molecule has 0 aromatic carbocycles. The fourth-order valence-electron chi connectivity index (χ4n) is 1.48. The van der Waals surface area contributed by atoms with Crippen LogP contribution >= 0.6 is 0 Å². The Balaban J connectivity index is 2.39. The lowest BCUT2D eigenvalue weighted by Crippen LogP contribution is -2.03. The molecule has 0 atom stereocenters. The minimum atomic E-state index is 0.395. The Bertz CT molecular complexity index is 341. The van der Waals surface area contributed by atoms with Crippen molar-refractivity contribution in [2.75, 3.05) is 13.7 Å². The lowest BCUT2D eigenvalue weighted by atomic mass is 10.3. The van der Waals surface area contributed by atoms with Crippen molar-refractivity contribution >= 4 is 0 Å². The Morgan fingerprint density at radius 2 is 2.21 bits per heavy atom. The Kier molecular flexibility index (Phi) is 2.49. The molecule has 14 heavy (non-hydrogen) atoms. The molecule has 0 unspecified atom stereocenters. The van der Waals surface area contributed by atoms with Gasteiger partial charge in [0.15, 0.2) is 0 Å². The highest BCUT2D eigenvalue weighted by Gasteiger charge is 2.19. The van der Waals surface area contributed by atoms with E-state index in [0.717, 1.165) is 24.3 Å². The molecule has 1 aromatic rings. The van der Waals surface area contributed by atoms with Gasteiger partial charge in [-0.05, 0) is 6.92 Å². The van der Waals surface area contributed by atoms with Gasteiger partial charge in [-0.15, -0.1) is 0 Å². The average molecular weight is 195 g/mol. The molecule has 76 valence electrons. The number of nitrogens with zero attached hydrogens (tertiary/aromatic N) is 2. The predicted molar refractivity (Wildman–Crippen MR) is 50.3 cm³/mol. The minimum absolute atomic E-state index is 0.395. The monoisotopic (exact) mass is 195 g/mol. The number of fused-ring (bicyclic) bond motifs is 1. The number of methoxy groups -OCH3 is 1. The lowest BCUT2D eigenvalue weighted by Gasteiger charge is -2.07. The van der Waals surface area contributed by atoms with Crippen LogP contribution in [0.2, 0.25) is 0 Å². The summed E-state index contributed by atoms with van der Waals surface area (Å²) in [6.07, 6.45) is 0. The second-order valence-electron chi connectivity index (χ2n) is 2.98. The quantitative estimate of drug-likeness (QED) is 0.760. The number of hydrogen-bond donors (Lipinski definition) is 1. The van der Waals surface area contributed by atoms with E-state index in [0.29, 0.717) is 18.5 Å². The zero-order valence-electron chi connectivity index (χ0n) is 8.33. The number of hydrogen-bond acceptors (Lipinski definition) is 5. The van der Waals surface area contributed by atoms with Gasteiger partial charge < -0.3 is 14.8 Å². The largest absolute Gasteiger partial charge is 0.481 e. The molecule has 0 fully saturated rings. The van der Waals surface area contributed by atoms with Crippen LogP contribution in [0.4, 0.5) is 0 Å². The van der Waals surface area contributed by atoms with Crippen LogP contribution in [0.15, 0.2) is 0 Å². The number of ether oxygens (including phenoxy) is 2. The molecular weight excluding hydrogens is 182 g/mol. The van der Waals surface area contributed by atoms with E-state index in [1.807, 2.05) is 6.92 Å². The molecule has 0 aliphatic carbocycles. The Morgan fingerprint density at radius 1 is 1.36 bits per heavy atom. The van der Waals surface area contributed by atoms with E-state index in [9.17, 15) is 0 Å². The summed E-state index contributed by atoms with van der Waals surface area (Å²) in [6.45, 7) is 4.00. The summed E-state index contributed by atoms with van der Waals surface area (Å²) in [4.78, 5) is 8.43. The van der Waals surface area contributed by atoms with Crippen LogP contribution in [0, 0.1) is 0 Å². The summed E-state index contributed by atoms with van der Waals surface area (Å²) in [7, 11) is 1.61. The highest BCUT2D eigenvalue weighted by molar-refractivity contribution is 5.34. The highest BCUT2D eigenvalue weighted by Crippen LogP contribution is 2.24. The summed E-state index contributed by atoms with van der Waals surface area (Å²) in [5.74, 6) is 0.614. The van der Waals surface area contributed by atoms with Crippen molar-refractivity contribution in [1.29, 1.82) is 0 Å². The number of aromatic nitrogens is 2. The molecule has 0 radical (unpaired) electrons. The Labute approximate surface area is 82.5 Å². The fourth-order valence-corrected chi connectivity index (χ4v) is 1.48. The van der Waals surface area contributed by atoms with E-state index >= 15 is 0 Å². The van der Waals surface area contributed by atoms with Crippen LogP contribution < -0.4 is 14.8 Å². The zero-order chi connectivity index (χ0) is 9.97. The van der Waals surface area contributed by atoms with Gasteiger partial charge in [0.1, 0.15) is 0 Å². The minimum Gasteiger partial charge on any atom is -0.481 e. The van der Waals surface area contributed by atoms with E-state index in [-0.39, 0.29) is 0 Å². The summed E-state index contributed by atoms with van der Waals surface area (Å²) in [5, 5.41) is 3.19. The molecule has 1 aliphatic rings.